The van der Waals surface area contributed by atoms with E-state index in [1.807, 2.05) is 0 Å². The molecule has 1 heterocycles. The number of aryl methyl sites for hydroxylation is 1. The van der Waals surface area contributed by atoms with Crippen molar-refractivity contribution in [2.75, 3.05) is 5.73 Å². The molecular formula is C14H12N2O5. The van der Waals surface area contributed by atoms with Crippen molar-refractivity contribution in [1.82, 2.24) is 4.98 Å². The third kappa shape index (κ3) is 2.36. The van der Waals surface area contributed by atoms with E-state index in [9.17, 15) is 24.6 Å². The van der Waals surface area contributed by atoms with Crippen LogP contribution < -0.4 is 11.3 Å². The average Bonchev–Trinajstić information content (AvgIpc) is 2.37. The van der Waals surface area contributed by atoms with E-state index < -0.39 is 28.6 Å². The number of benzene rings is 1. The lowest BCUT2D eigenvalue weighted by Crippen LogP contribution is -2.24. The highest BCUT2D eigenvalue weighted by atomic mass is 16.4. The van der Waals surface area contributed by atoms with Gasteiger partial charge in [0.1, 0.15) is 16.9 Å². The molecule has 0 atom stereocenters. The highest BCUT2D eigenvalue weighted by molar-refractivity contribution is 6.07. The summed E-state index contributed by atoms with van der Waals surface area (Å²) in [5.41, 5.74) is 4.32. The van der Waals surface area contributed by atoms with Gasteiger partial charge < -0.3 is 20.9 Å². The van der Waals surface area contributed by atoms with Gasteiger partial charge in [-0.3, -0.25) is 4.79 Å². The summed E-state index contributed by atoms with van der Waals surface area (Å²) in [4.78, 5) is 36.7. The largest absolute Gasteiger partial charge is 0.478 e. The quantitative estimate of drug-likeness (QED) is 0.673. The molecule has 0 bridgehead atoms. The first-order valence-corrected chi connectivity index (χ1v) is 5.93. The molecule has 5 N–H and O–H groups in total. The molecule has 7 heteroatoms. The highest BCUT2D eigenvalue weighted by Gasteiger charge is 2.26. The Kier molecular flexibility index (Phi) is 3.49. The number of H-pyrrole nitrogens is 1. The monoisotopic (exact) mass is 288 g/mol. The van der Waals surface area contributed by atoms with Crippen molar-refractivity contribution in [2.24, 2.45) is 0 Å². The molecular weight excluding hydrogens is 276 g/mol. The summed E-state index contributed by atoms with van der Waals surface area (Å²) >= 11 is 0. The van der Waals surface area contributed by atoms with E-state index in [1.54, 1.807) is 31.2 Å². The number of aromatic nitrogens is 1. The van der Waals surface area contributed by atoms with Crippen molar-refractivity contribution in [3.63, 3.8) is 0 Å². The molecule has 1 aromatic carbocycles. The minimum absolute atomic E-state index is 0.186. The molecule has 0 radical (unpaired) electrons. The molecule has 0 amide bonds. The number of pyridine rings is 1. The Bertz CT molecular complexity index is 807. The third-order valence-electron chi connectivity index (χ3n) is 3.09. The first kappa shape index (κ1) is 14.3. The number of nitrogen functional groups attached to an aromatic ring is 1. The van der Waals surface area contributed by atoms with Crippen molar-refractivity contribution >= 4 is 17.8 Å². The second-order valence-electron chi connectivity index (χ2n) is 4.42. The van der Waals surface area contributed by atoms with Gasteiger partial charge in [0.15, 0.2) is 0 Å². The average molecular weight is 288 g/mol. The highest BCUT2D eigenvalue weighted by Crippen LogP contribution is 2.31. The van der Waals surface area contributed by atoms with Crippen LogP contribution in [-0.4, -0.2) is 27.1 Å². The Hall–Kier alpha value is -3.09. The number of carbonyl (C=O) groups is 2. The normalized spacial score (nSPS) is 10.3. The molecule has 7 nitrogen and oxygen atoms in total. The van der Waals surface area contributed by atoms with Crippen LogP contribution in [0.15, 0.2) is 29.1 Å². The van der Waals surface area contributed by atoms with E-state index in [0.29, 0.717) is 11.1 Å². The van der Waals surface area contributed by atoms with E-state index in [4.69, 9.17) is 5.73 Å². The van der Waals surface area contributed by atoms with Gasteiger partial charge in [-0.05, 0) is 18.1 Å². The predicted molar refractivity (Wildman–Crippen MR) is 75.6 cm³/mol. The van der Waals surface area contributed by atoms with Gasteiger partial charge in [0.05, 0.1) is 0 Å². The molecule has 108 valence electrons. The molecule has 0 aliphatic heterocycles. The molecule has 0 unspecified atom stereocenters. The summed E-state index contributed by atoms with van der Waals surface area (Å²) < 4.78 is 0. The summed E-state index contributed by atoms with van der Waals surface area (Å²) in [5.74, 6) is -3.31. The minimum Gasteiger partial charge on any atom is -0.478 e. The van der Waals surface area contributed by atoms with E-state index >= 15 is 0 Å². The fourth-order valence-electron chi connectivity index (χ4n) is 2.17. The van der Waals surface area contributed by atoms with Crippen molar-refractivity contribution in [3.8, 4) is 11.1 Å². The van der Waals surface area contributed by atoms with Gasteiger partial charge >= 0.3 is 11.9 Å². The van der Waals surface area contributed by atoms with Crippen molar-refractivity contribution in [1.29, 1.82) is 0 Å². The summed E-state index contributed by atoms with van der Waals surface area (Å²) in [7, 11) is 0. The lowest BCUT2D eigenvalue weighted by Gasteiger charge is -2.13. The number of aromatic carboxylic acids is 2. The SMILES string of the molecule is Cc1ccccc1-c1c(C(=O)O)c(N)[nH]c(=O)c1C(=O)O. The number of carboxylic acid groups (broad SMARTS) is 2. The molecule has 2 aromatic rings. The second kappa shape index (κ2) is 5.12. The van der Waals surface area contributed by atoms with E-state index in [2.05, 4.69) is 4.98 Å². The molecule has 0 aliphatic rings. The fourth-order valence-corrected chi connectivity index (χ4v) is 2.17. The van der Waals surface area contributed by atoms with Crippen LogP contribution in [-0.2, 0) is 0 Å². The molecule has 0 saturated carbocycles. The van der Waals surface area contributed by atoms with Crippen molar-refractivity contribution in [3.05, 3.63) is 51.3 Å². The first-order valence-electron chi connectivity index (χ1n) is 5.93. The fraction of sp³-hybridized carbons (Fsp3) is 0.0714. The second-order valence-corrected chi connectivity index (χ2v) is 4.42. The van der Waals surface area contributed by atoms with Gasteiger partial charge in [-0.15, -0.1) is 0 Å². The predicted octanol–water partition coefficient (Wildman–Crippen LogP) is 1.33. The molecule has 0 saturated heterocycles. The molecule has 0 spiro atoms. The summed E-state index contributed by atoms with van der Waals surface area (Å²) in [6.45, 7) is 1.68. The Balaban J connectivity index is 3.04. The van der Waals surface area contributed by atoms with Crippen LogP contribution in [0.3, 0.4) is 0 Å². The number of aromatic amines is 1. The van der Waals surface area contributed by atoms with E-state index in [-0.39, 0.29) is 11.4 Å². The van der Waals surface area contributed by atoms with Crippen LogP contribution in [0.1, 0.15) is 26.3 Å². The lowest BCUT2D eigenvalue weighted by molar-refractivity contribution is 0.0695. The zero-order chi connectivity index (χ0) is 15.7. The van der Waals surface area contributed by atoms with Gasteiger partial charge in [0.2, 0.25) is 0 Å². The Morgan fingerprint density at radius 2 is 1.67 bits per heavy atom. The van der Waals surface area contributed by atoms with Crippen LogP contribution >= 0.6 is 0 Å². The topological polar surface area (TPSA) is 133 Å². The number of nitrogens with two attached hydrogens (primary N) is 1. The van der Waals surface area contributed by atoms with E-state index in [0.717, 1.165) is 0 Å². The number of nitrogens with one attached hydrogen (secondary N) is 1. The standard InChI is InChI=1S/C14H12N2O5/c1-6-4-2-3-5-7(6)8-9(13(18)19)11(15)16-12(17)10(8)14(20)21/h2-5H,1H3,(H,18,19)(H,20,21)(H3,15,16,17). The Morgan fingerprint density at radius 3 is 2.19 bits per heavy atom. The van der Waals surface area contributed by atoms with Crippen LogP contribution in [0.4, 0.5) is 5.82 Å². The maximum atomic E-state index is 11.9. The number of carboxylic acids is 2. The van der Waals surface area contributed by atoms with Crippen LogP contribution in [0, 0.1) is 6.92 Å². The maximum Gasteiger partial charge on any atom is 0.342 e. The molecule has 0 fully saturated rings. The Morgan fingerprint density at radius 1 is 1.10 bits per heavy atom. The lowest BCUT2D eigenvalue weighted by atomic mass is 9.92. The van der Waals surface area contributed by atoms with Crippen molar-refractivity contribution < 1.29 is 19.8 Å². The van der Waals surface area contributed by atoms with Gasteiger partial charge in [0.25, 0.3) is 5.56 Å². The Labute approximate surface area is 118 Å². The number of anilines is 1. The van der Waals surface area contributed by atoms with Gasteiger partial charge in [0, 0.05) is 5.56 Å². The van der Waals surface area contributed by atoms with Gasteiger partial charge in [-0.2, -0.15) is 0 Å². The smallest absolute Gasteiger partial charge is 0.342 e. The summed E-state index contributed by atoms with van der Waals surface area (Å²) in [5, 5.41) is 18.5. The number of rotatable bonds is 3. The van der Waals surface area contributed by atoms with Crippen LogP contribution in [0.25, 0.3) is 11.1 Å². The third-order valence-corrected chi connectivity index (χ3v) is 3.09. The zero-order valence-electron chi connectivity index (χ0n) is 11.0. The molecule has 1 aromatic heterocycles. The summed E-state index contributed by atoms with van der Waals surface area (Å²) in [6, 6.07) is 6.57. The number of hydrogen-bond acceptors (Lipinski definition) is 4. The maximum absolute atomic E-state index is 11.9. The molecule has 2 rings (SSSR count). The first-order chi connectivity index (χ1) is 9.84. The van der Waals surface area contributed by atoms with E-state index in [1.165, 1.54) is 0 Å². The van der Waals surface area contributed by atoms with Crippen LogP contribution in [0.2, 0.25) is 0 Å². The van der Waals surface area contributed by atoms with Crippen molar-refractivity contribution in [2.45, 2.75) is 6.92 Å². The number of hydrogen-bond donors (Lipinski definition) is 4. The van der Waals surface area contributed by atoms with Gasteiger partial charge in [-0.25, -0.2) is 9.59 Å². The van der Waals surface area contributed by atoms with Crippen LogP contribution in [0.5, 0.6) is 0 Å². The molecule has 21 heavy (non-hydrogen) atoms. The van der Waals surface area contributed by atoms with Gasteiger partial charge in [-0.1, -0.05) is 24.3 Å². The minimum atomic E-state index is -1.52. The molecule has 0 aliphatic carbocycles. The zero-order valence-corrected chi connectivity index (χ0v) is 11.0. The summed E-state index contributed by atoms with van der Waals surface area (Å²) in [6.07, 6.45) is 0.